The number of benzene rings is 2. The lowest BCUT2D eigenvalue weighted by atomic mass is 10.2. The number of nitrogens with two attached hydrogens (primary N) is 1. The predicted molar refractivity (Wildman–Crippen MR) is 65.9 cm³/mol. The zero-order valence-corrected chi connectivity index (χ0v) is 9.95. The van der Waals surface area contributed by atoms with Gasteiger partial charge in [0.1, 0.15) is 11.5 Å². The highest BCUT2D eigenvalue weighted by molar-refractivity contribution is 5.35. The van der Waals surface area contributed by atoms with Gasteiger partial charge in [0, 0.05) is 6.54 Å². The average molecular weight is 267 g/mol. The van der Waals surface area contributed by atoms with E-state index >= 15 is 0 Å². The van der Waals surface area contributed by atoms with Gasteiger partial charge in [-0.2, -0.15) is 13.2 Å². The van der Waals surface area contributed by atoms with Crippen LogP contribution in [0.15, 0.2) is 48.5 Å². The quantitative estimate of drug-likeness (QED) is 0.913. The Labute approximate surface area is 108 Å². The zero-order chi connectivity index (χ0) is 13.9. The molecule has 0 saturated carbocycles. The van der Waals surface area contributed by atoms with E-state index in [1.807, 2.05) is 6.07 Å². The van der Waals surface area contributed by atoms with Crippen LogP contribution in [0.1, 0.15) is 11.1 Å². The number of ether oxygens (including phenoxy) is 1. The van der Waals surface area contributed by atoms with Crippen LogP contribution in [-0.4, -0.2) is 0 Å². The molecule has 2 aromatic rings. The summed E-state index contributed by atoms with van der Waals surface area (Å²) in [6.45, 7) is 0.379. The fourth-order valence-corrected chi connectivity index (χ4v) is 1.58. The van der Waals surface area contributed by atoms with Gasteiger partial charge in [-0.15, -0.1) is 0 Å². The van der Waals surface area contributed by atoms with Crippen molar-refractivity contribution in [3.05, 3.63) is 59.7 Å². The van der Waals surface area contributed by atoms with E-state index in [1.54, 1.807) is 18.2 Å². The largest absolute Gasteiger partial charge is 0.457 e. The minimum Gasteiger partial charge on any atom is -0.457 e. The maximum Gasteiger partial charge on any atom is 0.416 e. The van der Waals surface area contributed by atoms with Crippen LogP contribution in [0.25, 0.3) is 0 Å². The van der Waals surface area contributed by atoms with Gasteiger partial charge in [-0.25, -0.2) is 0 Å². The fourth-order valence-electron chi connectivity index (χ4n) is 1.58. The highest BCUT2D eigenvalue weighted by Crippen LogP contribution is 2.31. The molecule has 100 valence electrons. The second-order valence-corrected chi connectivity index (χ2v) is 3.98. The first kappa shape index (κ1) is 13.4. The first-order chi connectivity index (χ1) is 8.99. The van der Waals surface area contributed by atoms with Gasteiger partial charge >= 0.3 is 6.18 Å². The summed E-state index contributed by atoms with van der Waals surface area (Å²) in [4.78, 5) is 0. The molecule has 0 saturated heterocycles. The Morgan fingerprint density at radius 2 is 1.63 bits per heavy atom. The summed E-state index contributed by atoms with van der Waals surface area (Å²) in [7, 11) is 0. The molecule has 5 heteroatoms. The molecule has 0 aliphatic carbocycles. The molecule has 2 N–H and O–H groups in total. The first-order valence-corrected chi connectivity index (χ1v) is 5.63. The van der Waals surface area contributed by atoms with Crippen molar-refractivity contribution < 1.29 is 17.9 Å². The Hall–Kier alpha value is -2.01. The minimum absolute atomic E-state index is 0.349. The van der Waals surface area contributed by atoms with Gasteiger partial charge in [0.05, 0.1) is 5.56 Å². The molecule has 2 aromatic carbocycles. The Morgan fingerprint density at radius 3 is 2.21 bits per heavy atom. The van der Waals surface area contributed by atoms with Crippen LogP contribution in [0.2, 0.25) is 0 Å². The molecule has 0 bridgehead atoms. The monoisotopic (exact) mass is 267 g/mol. The van der Waals surface area contributed by atoms with Gasteiger partial charge in [-0.1, -0.05) is 12.1 Å². The summed E-state index contributed by atoms with van der Waals surface area (Å²) in [6.07, 6.45) is -4.34. The van der Waals surface area contributed by atoms with Crippen molar-refractivity contribution in [2.24, 2.45) is 5.73 Å². The lowest BCUT2D eigenvalue weighted by Crippen LogP contribution is -2.04. The van der Waals surface area contributed by atoms with E-state index in [-0.39, 0.29) is 0 Å². The van der Waals surface area contributed by atoms with Crippen LogP contribution in [0, 0.1) is 0 Å². The van der Waals surface area contributed by atoms with Crippen molar-refractivity contribution in [1.29, 1.82) is 0 Å². The first-order valence-electron chi connectivity index (χ1n) is 5.63. The zero-order valence-electron chi connectivity index (χ0n) is 9.95. The molecular formula is C14H12F3NO. The van der Waals surface area contributed by atoms with Crippen molar-refractivity contribution in [1.82, 2.24) is 0 Å². The van der Waals surface area contributed by atoms with E-state index < -0.39 is 11.7 Å². The second-order valence-electron chi connectivity index (χ2n) is 3.98. The van der Waals surface area contributed by atoms with Crippen molar-refractivity contribution in [2.75, 3.05) is 0 Å². The van der Waals surface area contributed by atoms with Crippen molar-refractivity contribution >= 4 is 0 Å². The summed E-state index contributed by atoms with van der Waals surface area (Å²) < 4.78 is 42.6. The smallest absolute Gasteiger partial charge is 0.416 e. The summed E-state index contributed by atoms with van der Waals surface area (Å²) in [5, 5.41) is 0. The molecular weight excluding hydrogens is 255 g/mol. The molecule has 0 unspecified atom stereocenters. The van der Waals surface area contributed by atoms with Gasteiger partial charge in [0.2, 0.25) is 0 Å². The third kappa shape index (κ3) is 3.48. The van der Waals surface area contributed by atoms with Crippen molar-refractivity contribution in [2.45, 2.75) is 12.7 Å². The molecule has 0 spiro atoms. The van der Waals surface area contributed by atoms with E-state index in [0.29, 0.717) is 18.0 Å². The molecule has 0 amide bonds. The standard InChI is InChI=1S/C14H12F3NO/c15-14(16,17)11-4-6-12(7-5-11)19-13-3-1-2-10(8-13)9-18/h1-8H,9,18H2. The molecule has 2 rings (SSSR count). The van der Waals surface area contributed by atoms with Gasteiger partial charge < -0.3 is 10.5 Å². The fraction of sp³-hybridized carbons (Fsp3) is 0.143. The van der Waals surface area contributed by atoms with Crippen LogP contribution >= 0.6 is 0 Å². The molecule has 19 heavy (non-hydrogen) atoms. The Kier molecular flexibility index (Phi) is 3.76. The number of rotatable bonds is 3. The molecule has 0 aliphatic rings. The van der Waals surface area contributed by atoms with E-state index in [9.17, 15) is 13.2 Å². The van der Waals surface area contributed by atoms with Crippen LogP contribution in [0.3, 0.4) is 0 Å². The molecule has 0 aromatic heterocycles. The maximum atomic E-state index is 12.4. The van der Waals surface area contributed by atoms with Gasteiger partial charge in [-0.05, 0) is 42.0 Å². The van der Waals surface area contributed by atoms with Crippen LogP contribution in [0.4, 0.5) is 13.2 Å². The third-order valence-corrected chi connectivity index (χ3v) is 2.55. The molecule has 0 atom stereocenters. The van der Waals surface area contributed by atoms with E-state index in [1.165, 1.54) is 12.1 Å². The summed E-state index contributed by atoms with van der Waals surface area (Å²) in [6, 6.07) is 11.6. The van der Waals surface area contributed by atoms with Gasteiger partial charge in [0.15, 0.2) is 0 Å². The third-order valence-electron chi connectivity index (χ3n) is 2.55. The SMILES string of the molecule is NCc1cccc(Oc2ccc(C(F)(F)F)cc2)c1. The van der Waals surface area contributed by atoms with Gasteiger partial charge in [0.25, 0.3) is 0 Å². The Bertz CT molecular complexity index is 549. The lowest BCUT2D eigenvalue weighted by molar-refractivity contribution is -0.137. The van der Waals surface area contributed by atoms with Crippen molar-refractivity contribution in [3.8, 4) is 11.5 Å². The molecule has 2 nitrogen and oxygen atoms in total. The highest BCUT2D eigenvalue weighted by Gasteiger charge is 2.30. The number of halogens is 3. The topological polar surface area (TPSA) is 35.2 Å². The normalized spacial score (nSPS) is 11.4. The molecule has 0 fully saturated rings. The Morgan fingerprint density at radius 1 is 0.947 bits per heavy atom. The highest BCUT2D eigenvalue weighted by atomic mass is 19.4. The maximum absolute atomic E-state index is 12.4. The summed E-state index contributed by atoms with van der Waals surface area (Å²) in [5.74, 6) is 0.893. The van der Waals surface area contributed by atoms with Crippen LogP contribution in [-0.2, 0) is 12.7 Å². The summed E-state index contributed by atoms with van der Waals surface area (Å²) in [5.41, 5.74) is 5.69. The van der Waals surface area contributed by atoms with E-state index in [4.69, 9.17) is 10.5 Å². The molecule has 0 aliphatic heterocycles. The molecule has 0 radical (unpaired) electrons. The minimum atomic E-state index is -4.34. The number of hydrogen-bond donors (Lipinski definition) is 1. The van der Waals surface area contributed by atoms with Gasteiger partial charge in [-0.3, -0.25) is 0 Å². The van der Waals surface area contributed by atoms with Crippen molar-refractivity contribution in [3.63, 3.8) is 0 Å². The van der Waals surface area contributed by atoms with Crippen LogP contribution < -0.4 is 10.5 Å². The van der Waals surface area contributed by atoms with E-state index in [0.717, 1.165) is 17.7 Å². The van der Waals surface area contributed by atoms with Crippen LogP contribution in [0.5, 0.6) is 11.5 Å². The summed E-state index contributed by atoms with van der Waals surface area (Å²) >= 11 is 0. The lowest BCUT2D eigenvalue weighted by Gasteiger charge is -2.09. The number of hydrogen-bond acceptors (Lipinski definition) is 2. The van der Waals surface area contributed by atoms with E-state index in [2.05, 4.69) is 0 Å². The molecule has 0 heterocycles. The second kappa shape index (κ2) is 5.32. The predicted octanol–water partition coefficient (Wildman–Crippen LogP) is 3.96. The number of alkyl halides is 3. The Balaban J connectivity index is 2.15. The average Bonchev–Trinajstić information content (AvgIpc) is 2.38.